The molecule has 0 N–H and O–H groups in total. The van der Waals surface area contributed by atoms with Crippen molar-refractivity contribution in [3.8, 4) is 17.2 Å². The second-order valence-electron chi connectivity index (χ2n) is 9.98. The van der Waals surface area contributed by atoms with Crippen LogP contribution < -0.4 is 14.2 Å². The first kappa shape index (κ1) is 30.3. The molecule has 0 fully saturated rings. The summed E-state index contributed by atoms with van der Waals surface area (Å²) in [5, 5.41) is 0. The Labute approximate surface area is 236 Å². The van der Waals surface area contributed by atoms with Crippen molar-refractivity contribution < 1.29 is 18.9 Å². The Hall–Kier alpha value is -3.24. The van der Waals surface area contributed by atoms with Gasteiger partial charge in [-0.1, -0.05) is 106 Å². The molecule has 3 aromatic rings. The van der Waals surface area contributed by atoms with Crippen LogP contribution in [0.1, 0.15) is 65.2 Å². The van der Waals surface area contributed by atoms with Crippen molar-refractivity contribution >= 4 is 0 Å². The molecule has 210 valence electrons. The quantitative estimate of drug-likeness (QED) is 0.0878. The summed E-state index contributed by atoms with van der Waals surface area (Å²) in [6, 6.07) is 29.5. The van der Waals surface area contributed by atoms with Crippen LogP contribution in [-0.2, 0) is 4.74 Å². The molecule has 0 bridgehead atoms. The Morgan fingerprint density at radius 3 is 1.56 bits per heavy atom. The Kier molecular flexibility index (Phi) is 13.5. The highest BCUT2D eigenvalue weighted by atomic mass is 16.9. The third-order valence-corrected chi connectivity index (χ3v) is 6.93. The highest BCUT2D eigenvalue weighted by Crippen LogP contribution is 2.40. The number of ether oxygens (including phenoxy) is 4. The molecule has 3 aromatic carbocycles. The van der Waals surface area contributed by atoms with E-state index in [2.05, 4.69) is 26.0 Å². The van der Waals surface area contributed by atoms with Gasteiger partial charge in [0.05, 0.1) is 5.92 Å². The predicted octanol–water partition coefficient (Wildman–Crippen LogP) is 9.47. The van der Waals surface area contributed by atoms with E-state index in [4.69, 9.17) is 18.9 Å². The van der Waals surface area contributed by atoms with Crippen LogP contribution in [-0.4, -0.2) is 19.7 Å². The van der Waals surface area contributed by atoms with E-state index < -0.39 is 5.97 Å². The summed E-state index contributed by atoms with van der Waals surface area (Å²) >= 11 is 0. The van der Waals surface area contributed by atoms with Crippen molar-refractivity contribution in [2.24, 2.45) is 11.8 Å². The largest absolute Gasteiger partial charge is 0.420 e. The van der Waals surface area contributed by atoms with E-state index in [0.717, 1.165) is 25.7 Å². The summed E-state index contributed by atoms with van der Waals surface area (Å²) < 4.78 is 26.1. The number of allylic oxidation sites excluding steroid dienone is 2. The summed E-state index contributed by atoms with van der Waals surface area (Å²) in [5.74, 6) is 0.751. The predicted molar refractivity (Wildman–Crippen MR) is 160 cm³/mol. The zero-order chi connectivity index (χ0) is 27.6. The normalized spacial score (nSPS) is 13.2. The van der Waals surface area contributed by atoms with Crippen LogP contribution in [0.4, 0.5) is 0 Å². The minimum Gasteiger partial charge on any atom is -0.420 e. The number of methoxy groups -OCH3 is 1. The molecule has 0 saturated heterocycles. The molecule has 0 aliphatic rings. The SMILES string of the molecule is CC=CC(CCCCCCC)C(CCCOC)C(Oc1ccccc1)(Oc1ccccc1)Oc1ccccc1. The lowest BCUT2D eigenvalue weighted by Gasteiger charge is -2.42. The molecule has 0 aliphatic heterocycles. The van der Waals surface area contributed by atoms with Gasteiger partial charge in [-0.05, 0) is 68.5 Å². The molecule has 4 heteroatoms. The number of benzene rings is 3. The van der Waals surface area contributed by atoms with Crippen molar-refractivity contribution in [1.82, 2.24) is 0 Å². The second-order valence-corrected chi connectivity index (χ2v) is 9.98. The zero-order valence-corrected chi connectivity index (χ0v) is 24.0. The van der Waals surface area contributed by atoms with E-state index in [1.54, 1.807) is 7.11 Å². The van der Waals surface area contributed by atoms with Crippen molar-refractivity contribution in [3.05, 3.63) is 103 Å². The first-order valence-corrected chi connectivity index (χ1v) is 14.5. The number of unbranched alkanes of at least 4 members (excludes halogenated alkanes) is 4. The summed E-state index contributed by atoms with van der Waals surface area (Å²) in [6.45, 7) is 5.01. The number of para-hydroxylation sites is 3. The fourth-order valence-electron chi connectivity index (χ4n) is 5.01. The molecule has 0 saturated carbocycles. The first-order valence-electron chi connectivity index (χ1n) is 14.5. The third kappa shape index (κ3) is 10.1. The molecule has 0 aromatic heterocycles. The van der Waals surface area contributed by atoms with E-state index in [0.29, 0.717) is 23.9 Å². The van der Waals surface area contributed by atoms with Crippen LogP contribution in [0.15, 0.2) is 103 Å². The van der Waals surface area contributed by atoms with Crippen LogP contribution in [0, 0.1) is 11.8 Å². The fraction of sp³-hybridized carbons (Fsp3) is 0.429. The van der Waals surface area contributed by atoms with Gasteiger partial charge in [0, 0.05) is 13.7 Å². The smallest absolute Gasteiger partial charge is 0.420 e. The zero-order valence-electron chi connectivity index (χ0n) is 24.0. The van der Waals surface area contributed by atoms with Gasteiger partial charge in [0.2, 0.25) is 0 Å². The Morgan fingerprint density at radius 2 is 1.13 bits per heavy atom. The average Bonchev–Trinajstić information content (AvgIpc) is 2.96. The standard InChI is InChI=1S/C35H46O4/c1-4-6-7-8-12-21-30(20-5-2)34(28-19-29-36-3)35(37-31-22-13-9-14-23-31,38-32-24-15-10-16-25-32)39-33-26-17-11-18-27-33/h5,9-11,13-18,20,22-27,30,34H,4,6-8,12,19,21,28-29H2,1-3H3. The number of rotatable bonds is 19. The lowest BCUT2D eigenvalue weighted by atomic mass is 9.82. The van der Waals surface area contributed by atoms with Crippen LogP contribution in [0.25, 0.3) is 0 Å². The highest BCUT2D eigenvalue weighted by molar-refractivity contribution is 5.27. The van der Waals surface area contributed by atoms with Gasteiger partial charge >= 0.3 is 5.97 Å². The van der Waals surface area contributed by atoms with Crippen molar-refractivity contribution in [1.29, 1.82) is 0 Å². The maximum atomic E-state index is 6.86. The summed E-state index contributed by atoms with van der Waals surface area (Å²) in [5.41, 5.74) is 0. The molecular weight excluding hydrogens is 484 g/mol. The summed E-state index contributed by atoms with van der Waals surface area (Å²) in [6.07, 6.45) is 13.3. The van der Waals surface area contributed by atoms with Crippen molar-refractivity contribution in [2.45, 2.75) is 71.2 Å². The summed E-state index contributed by atoms with van der Waals surface area (Å²) in [4.78, 5) is 0. The van der Waals surface area contributed by atoms with Gasteiger partial charge in [-0.25, -0.2) is 0 Å². The molecular formula is C35H46O4. The molecule has 2 unspecified atom stereocenters. The van der Waals surface area contributed by atoms with Crippen molar-refractivity contribution in [2.75, 3.05) is 13.7 Å². The van der Waals surface area contributed by atoms with Crippen LogP contribution in [0.2, 0.25) is 0 Å². The number of hydrogen-bond acceptors (Lipinski definition) is 4. The molecule has 0 amide bonds. The highest BCUT2D eigenvalue weighted by Gasteiger charge is 2.50. The maximum Gasteiger partial charge on any atom is 0.420 e. The minimum atomic E-state index is -1.41. The number of hydrogen-bond donors (Lipinski definition) is 0. The van der Waals surface area contributed by atoms with Gasteiger partial charge in [0.15, 0.2) is 0 Å². The fourth-order valence-corrected chi connectivity index (χ4v) is 5.01. The summed E-state index contributed by atoms with van der Waals surface area (Å²) in [7, 11) is 1.75. The Bertz CT molecular complexity index is 935. The van der Waals surface area contributed by atoms with E-state index in [1.165, 1.54) is 25.7 Å². The molecule has 0 radical (unpaired) electrons. The van der Waals surface area contributed by atoms with Gasteiger partial charge in [0.1, 0.15) is 17.2 Å². The van der Waals surface area contributed by atoms with Crippen molar-refractivity contribution in [3.63, 3.8) is 0 Å². The molecule has 4 nitrogen and oxygen atoms in total. The molecule has 3 rings (SSSR count). The molecule has 0 heterocycles. The maximum absolute atomic E-state index is 6.86. The minimum absolute atomic E-state index is 0.115. The van der Waals surface area contributed by atoms with E-state index >= 15 is 0 Å². The molecule has 39 heavy (non-hydrogen) atoms. The van der Waals surface area contributed by atoms with Gasteiger partial charge in [-0.15, -0.1) is 0 Å². The Balaban J connectivity index is 2.10. The molecule has 0 spiro atoms. The van der Waals surface area contributed by atoms with Gasteiger partial charge in [-0.3, -0.25) is 0 Å². The van der Waals surface area contributed by atoms with E-state index in [-0.39, 0.29) is 11.8 Å². The Morgan fingerprint density at radius 1 is 0.641 bits per heavy atom. The average molecular weight is 531 g/mol. The monoisotopic (exact) mass is 530 g/mol. The third-order valence-electron chi connectivity index (χ3n) is 6.93. The topological polar surface area (TPSA) is 36.9 Å². The van der Waals surface area contributed by atoms with Crippen LogP contribution in [0.5, 0.6) is 17.2 Å². The van der Waals surface area contributed by atoms with Gasteiger partial charge in [-0.2, -0.15) is 0 Å². The lowest BCUT2D eigenvalue weighted by molar-refractivity contribution is -0.294. The lowest BCUT2D eigenvalue weighted by Crippen LogP contribution is -2.56. The van der Waals surface area contributed by atoms with E-state index in [1.807, 2.05) is 91.0 Å². The molecule has 2 atom stereocenters. The van der Waals surface area contributed by atoms with Crippen LogP contribution >= 0.6 is 0 Å². The van der Waals surface area contributed by atoms with Gasteiger partial charge in [0.25, 0.3) is 0 Å². The van der Waals surface area contributed by atoms with E-state index in [9.17, 15) is 0 Å². The second kappa shape index (κ2) is 17.4. The first-order chi connectivity index (χ1) is 19.2. The molecule has 0 aliphatic carbocycles. The van der Waals surface area contributed by atoms with Crippen LogP contribution in [0.3, 0.4) is 0 Å². The van der Waals surface area contributed by atoms with Gasteiger partial charge < -0.3 is 18.9 Å².